The van der Waals surface area contributed by atoms with Gasteiger partial charge in [-0.3, -0.25) is 9.59 Å². The Morgan fingerprint density at radius 1 is 1.40 bits per heavy atom. The number of carbonyl (C=O) groups excluding carboxylic acids is 3. The van der Waals surface area contributed by atoms with Crippen molar-refractivity contribution in [2.75, 3.05) is 12.4 Å². The van der Waals surface area contributed by atoms with Crippen molar-refractivity contribution < 1.29 is 23.5 Å². The van der Waals surface area contributed by atoms with E-state index in [4.69, 9.17) is 11.5 Å². The van der Waals surface area contributed by atoms with Crippen LogP contribution in [0, 0.1) is 5.82 Å². The van der Waals surface area contributed by atoms with Gasteiger partial charge in [-0.05, 0) is 18.2 Å². The van der Waals surface area contributed by atoms with Gasteiger partial charge in [0.1, 0.15) is 5.82 Å². The second-order valence-corrected chi connectivity index (χ2v) is 3.95. The van der Waals surface area contributed by atoms with Crippen LogP contribution in [0.15, 0.2) is 18.2 Å². The first kappa shape index (κ1) is 15.6. The summed E-state index contributed by atoms with van der Waals surface area (Å²) in [4.78, 5) is 33.6. The van der Waals surface area contributed by atoms with Crippen molar-refractivity contribution in [3.05, 3.63) is 29.6 Å². The van der Waals surface area contributed by atoms with Gasteiger partial charge in [0.25, 0.3) is 0 Å². The fourth-order valence-corrected chi connectivity index (χ4v) is 1.40. The molecule has 0 radical (unpaired) electrons. The van der Waals surface area contributed by atoms with Gasteiger partial charge in [0.15, 0.2) is 0 Å². The molecule has 0 aliphatic heterocycles. The first-order valence-electron chi connectivity index (χ1n) is 5.57. The van der Waals surface area contributed by atoms with Crippen LogP contribution in [0.25, 0.3) is 0 Å². The lowest BCUT2D eigenvalue weighted by Crippen LogP contribution is -2.39. The van der Waals surface area contributed by atoms with E-state index in [0.29, 0.717) is 0 Å². The number of primary amides is 1. The van der Waals surface area contributed by atoms with E-state index >= 15 is 0 Å². The Hall–Kier alpha value is -2.48. The summed E-state index contributed by atoms with van der Waals surface area (Å²) in [5.74, 6) is -2.97. The molecule has 5 N–H and O–H groups in total. The molecule has 0 saturated carbocycles. The van der Waals surface area contributed by atoms with Crippen molar-refractivity contribution in [1.29, 1.82) is 0 Å². The van der Waals surface area contributed by atoms with Gasteiger partial charge >= 0.3 is 5.97 Å². The number of hydrogen-bond acceptors (Lipinski definition) is 5. The summed E-state index contributed by atoms with van der Waals surface area (Å²) in [6.07, 6.45) is -0.371. The average molecular weight is 283 g/mol. The first-order valence-corrected chi connectivity index (χ1v) is 5.57. The van der Waals surface area contributed by atoms with Crippen molar-refractivity contribution >= 4 is 23.5 Å². The van der Waals surface area contributed by atoms with Crippen LogP contribution in [-0.4, -0.2) is 30.9 Å². The number of ether oxygens (including phenoxy) is 1. The van der Waals surface area contributed by atoms with Gasteiger partial charge in [0.2, 0.25) is 11.8 Å². The van der Waals surface area contributed by atoms with Gasteiger partial charge in [-0.2, -0.15) is 0 Å². The molecular weight excluding hydrogens is 269 g/mol. The number of anilines is 1. The van der Waals surface area contributed by atoms with Crippen molar-refractivity contribution in [2.24, 2.45) is 11.5 Å². The molecular formula is C12H14FN3O4. The molecule has 108 valence electrons. The lowest BCUT2D eigenvalue weighted by molar-refractivity contribution is -0.123. The molecule has 0 saturated heterocycles. The first-order chi connectivity index (χ1) is 9.35. The highest BCUT2D eigenvalue weighted by atomic mass is 19.1. The number of esters is 1. The molecule has 8 heteroatoms. The third-order valence-electron chi connectivity index (χ3n) is 2.40. The van der Waals surface area contributed by atoms with Gasteiger partial charge in [-0.25, -0.2) is 9.18 Å². The SMILES string of the molecule is COC(=O)c1ccc(F)c(NC(=O)C(N)CC(N)=O)c1. The number of nitrogens with one attached hydrogen (secondary N) is 1. The number of benzene rings is 1. The largest absolute Gasteiger partial charge is 0.465 e. The van der Waals surface area contributed by atoms with Gasteiger partial charge in [-0.15, -0.1) is 0 Å². The number of rotatable bonds is 5. The van der Waals surface area contributed by atoms with Crippen LogP contribution in [0.2, 0.25) is 0 Å². The van der Waals surface area contributed by atoms with Gasteiger partial charge in [-0.1, -0.05) is 0 Å². The highest BCUT2D eigenvalue weighted by molar-refractivity contribution is 5.98. The van der Waals surface area contributed by atoms with Crippen molar-refractivity contribution in [1.82, 2.24) is 0 Å². The minimum absolute atomic E-state index is 0.0627. The molecule has 20 heavy (non-hydrogen) atoms. The summed E-state index contributed by atoms with van der Waals surface area (Å²) in [7, 11) is 1.17. The monoisotopic (exact) mass is 283 g/mol. The zero-order chi connectivity index (χ0) is 15.3. The molecule has 1 atom stereocenters. The maximum Gasteiger partial charge on any atom is 0.337 e. The Labute approximate surface area is 114 Å². The Morgan fingerprint density at radius 3 is 2.60 bits per heavy atom. The molecule has 1 aromatic rings. The predicted octanol–water partition coefficient (Wildman–Crippen LogP) is -0.246. The molecule has 1 aromatic carbocycles. The summed E-state index contributed by atoms with van der Waals surface area (Å²) in [6.45, 7) is 0. The highest BCUT2D eigenvalue weighted by Gasteiger charge is 2.18. The average Bonchev–Trinajstić information content (AvgIpc) is 2.39. The van der Waals surface area contributed by atoms with E-state index in [1.807, 2.05) is 0 Å². The van der Waals surface area contributed by atoms with E-state index in [-0.39, 0.29) is 17.7 Å². The lowest BCUT2D eigenvalue weighted by atomic mass is 10.1. The molecule has 2 amide bonds. The topological polar surface area (TPSA) is 125 Å². The van der Waals surface area contributed by atoms with Crippen LogP contribution in [0.5, 0.6) is 0 Å². The smallest absolute Gasteiger partial charge is 0.337 e. The summed E-state index contributed by atoms with van der Waals surface area (Å²) in [6, 6.07) is 2.12. The minimum atomic E-state index is -1.20. The third-order valence-corrected chi connectivity index (χ3v) is 2.40. The number of hydrogen-bond donors (Lipinski definition) is 3. The number of methoxy groups -OCH3 is 1. The van der Waals surface area contributed by atoms with Crippen LogP contribution in [0.1, 0.15) is 16.8 Å². The highest BCUT2D eigenvalue weighted by Crippen LogP contribution is 2.17. The second kappa shape index (κ2) is 6.62. The van der Waals surface area contributed by atoms with E-state index in [0.717, 1.165) is 12.1 Å². The van der Waals surface area contributed by atoms with Gasteiger partial charge < -0.3 is 21.5 Å². The minimum Gasteiger partial charge on any atom is -0.465 e. The molecule has 1 unspecified atom stereocenters. The van der Waals surface area contributed by atoms with E-state index in [1.165, 1.54) is 13.2 Å². The molecule has 0 aromatic heterocycles. The molecule has 0 spiro atoms. The van der Waals surface area contributed by atoms with E-state index in [9.17, 15) is 18.8 Å². The molecule has 7 nitrogen and oxygen atoms in total. The maximum atomic E-state index is 13.5. The fraction of sp³-hybridized carbons (Fsp3) is 0.250. The lowest BCUT2D eigenvalue weighted by Gasteiger charge is -2.12. The number of halogens is 1. The second-order valence-electron chi connectivity index (χ2n) is 3.95. The van der Waals surface area contributed by atoms with Crippen LogP contribution in [0.4, 0.5) is 10.1 Å². The number of carbonyl (C=O) groups is 3. The zero-order valence-electron chi connectivity index (χ0n) is 10.7. The predicted molar refractivity (Wildman–Crippen MR) is 68.2 cm³/mol. The third kappa shape index (κ3) is 4.02. The Kier molecular flexibility index (Phi) is 5.15. The van der Waals surface area contributed by atoms with Crippen molar-refractivity contribution in [2.45, 2.75) is 12.5 Å². The standard InChI is InChI=1S/C12H14FN3O4/c1-20-12(19)6-2-3-7(13)9(4-6)16-11(18)8(14)5-10(15)17/h2-4,8H,5,14H2,1H3,(H2,15,17)(H,16,18). The quantitative estimate of drug-likeness (QED) is 0.643. The number of nitrogens with two attached hydrogens (primary N) is 2. The maximum absolute atomic E-state index is 13.5. The Balaban J connectivity index is 2.88. The number of amides is 2. The summed E-state index contributed by atoms with van der Waals surface area (Å²) < 4.78 is 18.0. The van der Waals surface area contributed by atoms with E-state index in [1.54, 1.807) is 0 Å². The summed E-state index contributed by atoms with van der Waals surface area (Å²) in [5, 5.41) is 2.18. The molecule has 0 fully saturated rings. The Bertz CT molecular complexity index is 548. The zero-order valence-corrected chi connectivity index (χ0v) is 10.7. The fourth-order valence-electron chi connectivity index (χ4n) is 1.40. The van der Waals surface area contributed by atoms with Crippen molar-refractivity contribution in [3.8, 4) is 0 Å². The van der Waals surface area contributed by atoms with E-state index in [2.05, 4.69) is 10.1 Å². The molecule has 0 aliphatic rings. The summed E-state index contributed by atoms with van der Waals surface area (Å²) >= 11 is 0. The molecule has 0 heterocycles. The van der Waals surface area contributed by atoms with Gasteiger partial charge in [0, 0.05) is 0 Å². The Morgan fingerprint density at radius 2 is 2.05 bits per heavy atom. The van der Waals surface area contributed by atoms with Gasteiger partial charge in [0.05, 0.1) is 30.8 Å². The van der Waals surface area contributed by atoms with Crippen LogP contribution in [-0.2, 0) is 14.3 Å². The molecule has 0 aliphatic carbocycles. The van der Waals surface area contributed by atoms with Crippen LogP contribution >= 0.6 is 0 Å². The normalized spacial score (nSPS) is 11.6. The van der Waals surface area contributed by atoms with Crippen LogP contribution < -0.4 is 16.8 Å². The summed E-state index contributed by atoms with van der Waals surface area (Å²) in [5.41, 5.74) is 10.1. The van der Waals surface area contributed by atoms with E-state index < -0.39 is 29.6 Å². The van der Waals surface area contributed by atoms with Crippen LogP contribution in [0.3, 0.4) is 0 Å². The molecule has 1 rings (SSSR count). The molecule has 0 bridgehead atoms. The van der Waals surface area contributed by atoms with Crippen molar-refractivity contribution in [3.63, 3.8) is 0 Å².